The highest BCUT2D eigenvalue weighted by molar-refractivity contribution is 6.21. The molecule has 6 nitrogen and oxygen atoms in total. The maximum Gasteiger partial charge on any atom is 0.365 e. The van der Waals surface area contributed by atoms with E-state index in [2.05, 4.69) is 4.98 Å². The smallest absolute Gasteiger partial charge is 0.324 e. The first-order valence-electron chi connectivity index (χ1n) is 6.21. The van der Waals surface area contributed by atoms with Gasteiger partial charge >= 0.3 is 5.97 Å². The van der Waals surface area contributed by atoms with Crippen molar-refractivity contribution in [3.8, 4) is 0 Å². The third kappa shape index (κ3) is 2.06. The van der Waals surface area contributed by atoms with Crippen LogP contribution in [0.25, 0.3) is 0 Å². The molecular weight excluding hydrogens is 272 g/mol. The number of carbonyl (C=O) groups is 3. The lowest BCUT2D eigenvalue weighted by Crippen LogP contribution is -2.32. The first-order valence-corrected chi connectivity index (χ1v) is 6.21. The molecular formula is C15H10N2O4. The minimum absolute atomic E-state index is 0.203. The number of aromatic nitrogens is 1. The summed E-state index contributed by atoms with van der Waals surface area (Å²) < 4.78 is 0. The maximum atomic E-state index is 12.1. The summed E-state index contributed by atoms with van der Waals surface area (Å²) in [5.74, 6) is -2.09. The molecule has 0 bridgehead atoms. The number of nitrogens with zero attached hydrogens (tertiary/aromatic N) is 2. The van der Waals surface area contributed by atoms with Gasteiger partial charge in [-0.1, -0.05) is 17.2 Å². The Hall–Kier alpha value is -3.02. The highest BCUT2D eigenvalue weighted by Gasteiger charge is 2.38. The number of carbonyl (C=O) groups excluding carboxylic acids is 3. The van der Waals surface area contributed by atoms with Crippen molar-refractivity contribution in [3.05, 3.63) is 65.0 Å². The van der Waals surface area contributed by atoms with E-state index >= 15 is 0 Å². The first-order chi connectivity index (χ1) is 10.1. The summed E-state index contributed by atoms with van der Waals surface area (Å²) in [5, 5.41) is 0.486. The largest absolute Gasteiger partial charge is 0.365 e. The zero-order chi connectivity index (χ0) is 15.0. The molecule has 1 aromatic carbocycles. The molecule has 1 aliphatic heterocycles. The third-order valence-corrected chi connectivity index (χ3v) is 3.16. The summed E-state index contributed by atoms with van der Waals surface area (Å²) in [6.07, 6.45) is 1.54. The Morgan fingerprint density at radius 1 is 1.05 bits per heavy atom. The van der Waals surface area contributed by atoms with Gasteiger partial charge in [-0.25, -0.2) is 4.79 Å². The molecule has 0 spiro atoms. The summed E-state index contributed by atoms with van der Waals surface area (Å²) in [4.78, 5) is 45.1. The van der Waals surface area contributed by atoms with E-state index in [9.17, 15) is 14.4 Å². The molecule has 2 aromatic rings. The van der Waals surface area contributed by atoms with Gasteiger partial charge in [-0.05, 0) is 31.2 Å². The van der Waals surface area contributed by atoms with Crippen LogP contribution in [0.15, 0.2) is 42.6 Å². The molecule has 0 radical (unpaired) electrons. The van der Waals surface area contributed by atoms with Crippen LogP contribution in [0.5, 0.6) is 0 Å². The van der Waals surface area contributed by atoms with Crippen LogP contribution in [0, 0.1) is 6.92 Å². The molecule has 0 aliphatic carbocycles. The summed E-state index contributed by atoms with van der Waals surface area (Å²) >= 11 is 0. The number of benzene rings is 1. The molecule has 6 heteroatoms. The van der Waals surface area contributed by atoms with Gasteiger partial charge in [0.15, 0.2) is 0 Å². The van der Waals surface area contributed by atoms with E-state index < -0.39 is 17.8 Å². The quantitative estimate of drug-likeness (QED) is 0.784. The van der Waals surface area contributed by atoms with Crippen LogP contribution in [0.3, 0.4) is 0 Å². The number of aryl methyl sites for hydroxylation is 1. The number of rotatable bonds is 2. The van der Waals surface area contributed by atoms with Gasteiger partial charge in [0.1, 0.15) is 0 Å². The number of hydrogen-bond acceptors (Lipinski definition) is 5. The van der Waals surface area contributed by atoms with Crippen LogP contribution < -0.4 is 0 Å². The average Bonchev–Trinajstić information content (AvgIpc) is 2.73. The van der Waals surface area contributed by atoms with Gasteiger partial charge in [0.05, 0.1) is 22.4 Å². The first kappa shape index (κ1) is 13.0. The van der Waals surface area contributed by atoms with E-state index in [4.69, 9.17) is 4.84 Å². The molecule has 0 unspecified atom stereocenters. The second-order valence-electron chi connectivity index (χ2n) is 4.47. The van der Waals surface area contributed by atoms with Crippen molar-refractivity contribution in [2.24, 2.45) is 0 Å². The average molecular weight is 282 g/mol. The lowest BCUT2D eigenvalue weighted by atomic mass is 10.1. The summed E-state index contributed by atoms with van der Waals surface area (Å²) in [5.41, 5.74) is 1.10. The van der Waals surface area contributed by atoms with Crippen LogP contribution in [0.1, 0.15) is 36.8 Å². The number of hydrogen-bond donors (Lipinski definition) is 0. The molecule has 1 aromatic heterocycles. The monoisotopic (exact) mass is 282 g/mol. The zero-order valence-corrected chi connectivity index (χ0v) is 11.1. The topological polar surface area (TPSA) is 76.6 Å². The van der Waals surface area contributed by atoms with E-state index in [-0.39, 0.29) is 16.7 Å². The van der Waals surface area contributed by atoms with Crippen molar-refractivity contribution in [1.29, 1.82) is 0 Å². The predicted octanol–water partition coefficient (Wildman–Crippen LogP) is 1.76. The van der Waals surface area contributed by atoms with Crippen molar-refractivity contribution >= 4 is 17.8 Å². The molecule has 21 heavy (non-hydrogen) atoms. The van der Waals surface area contributed by atoms with Gasteiger partial charge < -0.3 is 4.84 Å². The van der Waals surface area contributed by atoms with Crippen molar-refractivity contribution in [3.63, 3.8) is 0 Å². The Kier molecular flexibility index (Phi) is 2.98. The Balaban J connectivity index is 1.88. The normalized spacial score (nSPS) is 13.3. The third-order valence-electron chi connectivity index (χ3n) is 3.16. The molecule has 0 atom stereocenters. The van der Waals surface area contributed by atoms with E-state index in [1.54, 1.807) is 25.1 Å². The van der Waals surface area contributed by atoms with Crippen molar-refractivity contribution in [2.45, 2.75) is 6.92 Å². The van der Waals surface area contributed by atoms with Crippen molar-refractivity contribution in [1.82, 2.24) is 10.0 Å². The molecule has 0 N–H and O–H groups in total. The van der Waals surface area contributed by atoms with Crippen molar-refractivity contribution in [2.75, 3.05) is 0 Å². The number of imide groups is 1. The van der Waals surface area contributed by atoms with Gasteiger partial charge in [-0.3, -0.25) is 14.6 Å². The van der Waals surface area contributed by atoms with E-state index in [1.165, 1.54) is 24.4 Å². The molecule has 2 amide bonds. The Morgan fingerprint density at radius 2 is 1.67 bits per heavy atom. The molecule has 0 fully saturated rings. The van der Waals surface area contributed by atoms with Crippen LogP contribution in [0.2, 0.25) is 0 Å². The van der Waals surface area contributed by atoms with Crippen LogP contribution in [-0.2, 0) is 4.84 Å². The second kappa shape index (κ2) is 4.82. The zero-order valence-electron chi connectivity index (χ0n) is 11.1. The lowest BCUT2D eigenvalue weighted by molar-refractivity contribution is -0.0585. The number of fused-ring (bicyclic) bond motifs is 1. The van der Waals surface area contributed by atoms with Gasteiger partial charge in [-0.15, -0.1) is 0 Å². The molecule has 2 heterocycles. The summed E-state index contributed by atoms with van der Waals surface area (Å²) in [6, 6.07) is 9.40. The van der Waals surface area contributed by atoms with Gasteiger partial charge in [0.2, 0.25) is 0 Å². The fraction of sp³-hybridized carbons (Fsp3) is 0.0667. The summed E-state index contributed by atoms with van der Waals surface area (Å²) in [7, 11) is 0. The van der Waals surface area contributed by atoms with Crippen LogP contribution in [0.4, 0.5) is 0 Å². The summed E-state index contributed by atoms with van der Waals surface area (Å²) in [6.45, 7) is 1.64. The van der Waals surface area contributed by atoms with Gasteiger partial charge in [0.25, 0.3) is 11.8 Å². The second-order valence-corrected chi connectivity index (χ2v) is 4.47. The van der Waals surface area contributed by atoms with Gasteiger partial charge in [-0.2, -0.15) is 0 Å². The highest BCUT2D eigenvalue weighted by atomic mass is 16.7. The maximum absolute atomic E-state index is 12.1. The van der Waals surface area contributed by atoms with Crippen LogP contribution in [-0.4, -0.2) is 27.8 Å². The number of pyridine rings is 1. The Labute approximate surface area is 119 Å². The molecule has 1 aliphatic rings. The molecule has 0 saturated carbocycles. The number of hydroxylamine groups is 2. The molecule has 104 valence electrons. The van der Waals surface area contributed by atoms with Crippen molar-refractivity contribution < 1.29 is 19.2 Å². The molecule has 3 rings (SSSR count). The number of amides is 2. The SMILES string of the molecule is Cc1ncccc1C(=O)ON1C(=O)c2ccccc2C1=O. The van der Waals surface area contributed by atoms with E-state index in [1.807, 2.05) is 0 Å². The predicted molar refractivity (Wildman–Crippen MR) is 71.3 cm³/mol. The van der Waals surface area contributed by atoms with E-state index in [0.717, 1.165) is 0 Å². The highest BCUT2D eigenvalue weighted by Crippen LogP contribution is 2.23. The van der Waals surface area contributed by atoms with Gasteiger partial charge in [0, 0.05) is 6.20 Å². The van der Waals surface area contributed by atoms with E-state index in [0.29, 0.717) is 10.8 Å². The minimum atomic E-state index is -0.796. The Morgan fingerprint density at radius 3 is 2.24 bits per heavy atom. The standard InChI is InChI=1S/C15H10N2O4/c1-9-10(7-4-8-16-9)15(20)21-17-13(18)11-5-2-3-6-12(11)14(17)19/h2-8H,1H3. The molecule has 0 saturated heterocycles. The fourth-order valence-electron chi connectivity index (χ4n) is 2.08. The fourth-order valence-corrected chi connectivity index (χ4v) is 2.08. The lowest BCUT2D eigenvalue weighted by Gasteiger charge is -2.13. The minimum Gasteiger partial charge on any atom is -0.324 e. The Bertz CT molecular complexity index is 735. The van der Waals surface area contributed by atoms with Crippen LogP contribution >= 0.6 is 0 Å².